The molecule has 0 amide bonds. The standard InChI is InChI=1S/C9H9F3N2O/c10-9(11,12)6-1-2-7(14-3-6)8(15)4-13-5-8/h1-3,13,15H,4-5H2. The fraction of sp³-hybridized carbons (Fsp3) is 0.444. The summed E-state index contributed by atoms with van der Waals surface area (Å²) in [6, 6.07) is 2.14. The number of pyridine rings is 1. The molecule has 2 heterocycles. The van der Waals surface area contributed by atoms with Crippen LogP contribution in [0.3, 0.4) is 0 Å². The van der Waals surface area contributed by atoms with Crippen molar-refractivity contribution in [3.8, 4) is 0 Å². The summed E-state index contributed by atoms with van der Waals surface area (Å²) in [4.78, 5) is 3.63. The highest BCUT2D eigenvalue weighted by Gasteiger charge is 2.38. The summed E-state index contributed by atoms with van der Waals surface area (Å²) < 4.78 is 36.6. The van der Waals surface area contributed by atoms with Gasteiger partial charge in [-0.25, -0.2) is 0 Å². The summed E-state index contributed by atoms with van der Waals surface area (Å²) in [6.45, 7) is 0.650. The molecule has 1 aliphatic rings. The zero-order valence-corrected chi connectivity index (χ0v) is 7.67. The van der Waals surface area contributed by atoms with Gasteiger partial charge in [0.1, 0.15) is 5.60 Å². The van der Waals surface area contributed by atoms with Gasteiger partial charge < -0.3 is 10.4 Å². The van der Waals surface area contributed by atoms with Gasteiger partial charge in [0, 0.05) is 19.3 Å². The summed E-state index contributed by atoms with van der Waals surface area (Å²) in [6.07, 6.45) is -3.64. The summed E-state index contributed by atoms with van der Waals surface area (Å²) >= 11 is 0. The molecule has 15 heavy (non-hydrogen) atoms. The van der Waals surface area contributed by atoms with Gasteiger partial charge in [0.2, 0.25) is 0 Å². The monoisotopic (exact) mass is 218 g/mol. The fourth-order valence-corrected chi connectivity index (χ4v) is 1.38. The van der Waals surface area contributed by atoms with Gasteiger partial charge in [-0.05, 0) is 12.1 Å². The normalized spacial score (nSPS) is 19.7. The van der Waals surface area contributed by atoms with E-state index in [-0.39, 0.29) is 5.69 Å². The molecule has 6 heteroatoms. The number of alkyl halides is 3. The topological polar surface area (TPSA) is 45.2 Å². The molecule has 0 radical (unpaired) electrons. The van der Waals surface area contributed by atoms with E-state index in [0.717, 1.165) is 12.3 Å². The molecule has 0 atom stereocenters. The van der Waals surface area contributed by atoms with Gasteiger partial charge in [-0.2, -0.15) is 13.2 Å². The number of nitrogens with zero attached hydrogens (tertiary/aromatic N) is 1. The summed E-state index contributed by atoms with van der Waals surface area (Å²) in [5, 5.41) is 12.6. The minimum Gasteiger partial charge on any atom is -0.381 e. The lowest BCUT2D eigenvalue weighted by molar-refractivity contribution is -0.138. The molecule has 3 nitrogen and oxygen atoms in total. The highest BCUT2D eigenvalue weighted by Crippen LogP contribution is 2.30. The van der Waals surface area contributed by atoms with Crippen LogP contribution < -0.4 is 5.32 Å². The molecule has 1 aliphatic heterocycles. The first-order chi connectivity index (χ1) is 6.92. The molecule has 1 fully saturated rings. The maximum atomic E-state index is 12.2. The van der Waals surface area contributed by atoms with E-state index in [0.29, 0.717) is 13.1 Å². The van der Waals surface area contributed by atoms with Crippen molar-refractivity contribution in [3.05, 3.63) is 29.6 Å². The largest absolute Gasteiger partial charge is 0.417 e. The molecule has 1 aromatic rings. The first kappa shape index (κ1) is 10.4. The van der Waals surface area contributed by atoms with E-state index in [4.69, 9.17) is 0 Å². The molecule has 0 aliphatic carbocycles. The van der Waals surface area contributed by atoms with E-state index >= 15 is 0 Å². The van der Waals surface area contributed by atoms with Crippen LogP contribution in [0.15, 0.2) is 18.3 Å². The predicted molar refractivity (Wildman–Crippen MR) is 46.0 cm³/mol. The van der Waals surface area contributed by atoms with Crippen LogP contribution in [0.1, 0.15) is 11.3 Å². The predicted octanol–water partition coefficient (Wildman–Crippen LogP) is 0.891. The number of aromatic nitrogens is 1. The van der Waals surface area contributed by atoms with Gasteiger partial charge in [0.05, 0.1) is 11.3 Å². The Morgan fingerprint density at radius 3 is 2.33 bits per heavy atom. The van der Waals surface area contributed by atoms with Crippen molar-refractivity contribution in [2.45, 2.75) is 11.8 Å². The van der Waals surface area contributed by atoms with E-state index in [1.165, 1.54) is 6.07 Å². The molecule has 0 saturated carbocycles. The lowest BCUT2D eigenvalue weighted by atomic mass is 9.92. The van der Waals surface area contributed by atoms with Crippen LogP contribution >= 0.6 is 0 Å². The van der Waals surface area contributed by atoms with E-state index in [1.54, 1.807) is 0 Å². The second kappa shape index (κ2) is 3.18. The Balaban J connectivity index is 2.24. The molecule has 2 rings (SSSR count). The molecule has 1 saturated heterocycles. The highest BCUT2D eigenvalue weighted by atomic mass is 19.4. The third kappa shape index (κ3) is 1.82. The lowest BCUT2D eigenvalue weighted by Crippen LogP contribution is -2.57. The Morgan fingerprint density at radius 2 is 2.00 bits per heavy atom. The van der Waals surface area contributed by atoms with Crippen LogP contribution in [-0.4, -0.2) is 23.2 Å². The van der Waals surface area contributed by atoms with E-state index in [2.05, 4.69) is 10.3 Å². The molecule has 1 aromatic heterocycles. The molecule has 0 aromatic carbocycles. The Kier molecular flexibility index (Phi) is 2.20. The maximum absolute atomic E-state index is 12.2. The first-order valence-corrected chi connectivity index (χ1v) is 4.39. The van der Waals surface area contributed by atoms with Crippen LogP contribution in [0.2, 0.25) is 0 Å². The maximum Gasteiger partial charge on any atom is 0.417 e. The zero-order valence-electron chi connectivity index (χ0n) is 7.67. The minimum absolute atomic E-state index is 0.272. The fourth-order valence-electron chi connectivity index (χ4n) is 1.38. The average molecular weight is 218 g/mol. The van der Waals surface area contributed by atoms with Crippen molar-refractivity contribution in [2.24, 2.45) is 0 Å². The number of β-amino-alcohol motifs (C(OH)–C–C–N with tert-alkyl or cyclic N) is 1. The van der Waals surface area contributed by atoms with E-state index < -0.39 is 17.3 Å². The molecule has 2 N–H and O–H groups in total. The van der Waals surface area contributed by atoms with Crippen molar-refractivity contribution >= 4 is 0 Å². The Hall–Kier alpha value is -1.14. The van der Waals surface area contributed by atoms with E-state index in [9.17, 15) is 18.3 Å². The molecular weight excluding hydrogens is 209 g/mol. The quantitative estimate of drug-likeness (QED) is 0.735. The van der Waals surface area contributed by atoms with Crippen LogP contribution in [-0.2, 0) is 11.8 Å². The minimum atomic E-state index is -4.38. The van der Waals surface area contributed by atoms with Crippen molar-refractivity contribution in [3.63, 3.8) is 0 Å². The third-order valence-corrected chi connectivity index (χ3v) is 2.40. The molecular formula is C9H9F3N2O. The summed E-state index contributed by atoms with van der Waals surface area (Å²) in [5.74, 6) is 0. The van der Waals surface area contributed by atoms with Crippen LogP contribution in [0.4, 0.5) is 13.2 Å². The zero-order chi connectivity index (χ0) is 11.1. The van der Waals surface area contributed by atoms with Gasteiger partial charge in [-0.1, -0.05) is 0 Å². The summed E-state index contributed by atoms with van der Waals surface area (Å²) in [7, 11) is 0. The lowest BCUT2D eigenvalue weighted by Gasteiger charge is -2.36. The van der Waals surface area contributed by atoms with Crippen LogP contribution in [0.5, 0.6) is 0 Å². The number of nitrogens with one attached hydrogen (secondary N) is 1. The van der Waals surface area contributed by atoms with Crippen molar-refractivity contribution in [2.75, 3.05) is 13.1 Å². The SMILES string of the molecule is OC1(c2ccc(C(F)(F)F)cn2)CNC1. The van der Waals surface area contributed by atoms with E-state index in [1.807, 2.05) is 0 Å². The van der Waals surface area contributed by atoms with Gasteiger partial charge in [-0.15, -0.1) is 0 Å². The van der Waals surface area contributed by atoms with Gasteiger partial charge >= 0.3 is 6.18 Å². The van der Waals surface area contributed by atoms with Crippen molar-refractivity contribution < 1.29 is 18.3 Å². The Bertz CT molecular complexity index is 357. The molecule has 0 unspecified atom stereocenters. The second-order valence-corrected chi connectivity index (χ2v) is 3.57. The van der Waals surface area contributed by atoms with Gasteiger partial charge in [0.25, 0.3) is 0 Å². The number of rotatable bonds is 1. The first-order valence-electron chi connectivity index (χ1n) is 4.39. The van der Waals surface area contributed by atoms with Gasteiger partial charge in [0.15, 0.2) is 0 Å². The molecule has 82 valence electrons. The third-order valence-electron chi connectivity index (χ3n) is 2.40. The number of halogens is 3. The van der Waals surface area contributed by atoms with Crippen molar-refractivity contribution in [1.29, 1.82) is 0 Å². The number of aliphatic hydroxyl groups is 1. The number of hydrogen-bond donors (Lipinski definition) is 2. The second-order valence-electron chi connectivity index (χ2n) is 3.57. The molecule has 0 spiro atoms. The Morgan fingerprint density at radius 1 is 1.33 bits per heavy atom. The average Bonchev–Trinajstić information content (AvgIpc) is 2.13. The summed E-state index contributed by atoms with van der Waals surface area (Å²) in [5.41, 5.74) is -1.64. The number of hydrogen-bond acceptors (Lipinski definition) is 3. The smallest absolute Gasteiger partial charge is 0.381 e. The molecule has 0 bridgehead atoms. The van der Waals surface area contributed by atoms with Crippen LogP contribution in [0, 0.1) is 0 Å². The van der Waals surface area contributed by atoms with Crippen LogP contribution in [0.25, 0.3) is 0 Å². The Labute approximate surface area is 83.9 Å². The van der Waals surface area contributed by atoms with Crippen molar-refractivity contribution in [1.82, 2.24) is 10.3 Å². The highest BCUT2D eigenvalue weighted by molar-refractivity contribution is 5.23. The van der Waals surface area contributed by atoms with Gasteiger partial charge in [-0.3, -0.25) is 4.98 Å².